The van der Waals surface area contributed by atoms with E-state index < -0.39 is 18.1 Å². The molecule has 3 rings (SSSR count). The molecule has 1 aliphatic heterocycles. The van der Waals surface area contributed by atoms with E-state index in [1.54, 1.807) is 31.2 Å². The number of furan rings is 1. The summed E-state index contributed by atoms with van der Waals surface area (Å²) in [5.41, 5.74) is 1.51. The SMILES string of the molecule is C[C@H](NC(=O)[C@H]1CC(c2ccc(Cl)cc2)=NO1)C(=O)NCc1ccco1. The van der Waals surface area contributed by atoms with Gasteiger partial charge in [0.2, 0.25) is 12.0 Å². The second kappa shape index (κ2) is 8.05. The monoisotopic (exact) mass is 375 g/mol. The highest BCUT2D eigenvalue weighted by Gasteiger charge is 2.30. The van der Waals surface area contributed by atoms with Gasteiger partial charge in [0.05, 0.1) is 18.5 Å². The van der Waals surface area contributed by atoms with Gasteiger partial charge in [0.1, 0.15) is 11.8 Å². The number of hydrogen-bond donors (Lipinski definition) is 2. The molecule has 1 aromatic carbocycles. The summed E-state index contributed by atoms with van der Waals surface area (Å²) in [5, 5.41) is 9.91. The highest BCUT2D eigenvalue weighted by Crippen LogP contribution is 2.18. The second-order valence-electron chi connectivity index (χ2n) is 5.87. The highest BCUT2D eigenvalue weighted by atomic mass is 35.5. The van der Waals surface area contributed by atoms with Crippen LogP contribution in [0.5, 0.6) is 0 Å². The van der Waals surface area contributed by atoms with Gasteiger partial charge < -0.3 is 19.9 Å². The number of benzene rings is 1. The lowest BCUT2D eigenvalue weighted by molar-refractivity contribution is -0.135. The van der Waals surface area contributed by atoms with Crippen LogP contribution in [0.4, 0.5) is 0 Å². The quantitative estimate of drug-likeness (QED) is 0.809. The Morgan fingerprint density at radius 3 is 2.77 bits per heavy atom. The predicted octanol–water partition coefficient (Wildman–Crippen LogP) is 2.25. The molecule has 0 saturated heterocycles. The Balaban J connectivity index is 1.47. The molecule has 0 fully saturated rings. The molecule has 136 valence electrons. The molecule has 0 saturated carbocycles. The van der Waals surface area contributed by atoms with Crippen LogP contribution in [0.1, 0.15) is 24.7 Å². The number of nitrogens with zero attached hydrogens (tertiary/aromatic N) is 1. The van der Waals surface area contributed by atoms with Crippen LogP contribution in [0.2, 0.25) is 5.02 Å². The molecule has 0 aliphatic carbocycles. The van der Waals surface area contributed by atoms with Crippen molar-refractivity contribution in [1.82, 2.24) is 10.6 Å². The first-order chi connectivity index (χ1) is 12.5. The Labute approximate surface area is 155 Å². The van der Waals surface area contributed by atoms with Crippen LogP contribution in [-0.2, 0) is 21.0 Å². The molecule has 0 unspecified atom stereocenters. The summed E-state index contributed by atoms with van der Waals surface area (Å²) in [5.74, 6) is -0.0676. The number of carbonyl (C=O) groups is 2. The van der Waals surface area contributed by atoms with E-state index in [-0.39, 0.29) is 12.5 Å². The van der Waals surface area contributed by atoms with Gasteiger partial charge >= 0.3 is 0 Å². The van der Waals surface area contributed by atoms with Gasteiger partial charge in [0, 0.05) is 11.4 Å². The molecule has 7 nitrogen and oxygen atoms in total. The van der Waals surface area contributed by atoms with Crippen molar-refractivity contribution < 1.29 is 18.8 Å². The fourth-order valence-corrected chi connectivity index (χ4v) is 2.57. The first kappa shape index (κ1) is 18.0. The van der Waals surface area contributed by atoms with Gasteiger partial charge in [-0.2, -0.15) is 0 Å². The Morgan fingerprint density at radius 1 is 1.31 bits per heavy atom. The second-order valence-corrected chi connectivity index (χ2v) is 6.31. The number of amides is 2. The van der Waals surface area contributed by atoms with Crippen LogP contribution in [0.15, 0.2) is 52.2 Å². The predicted molar refractivity (Wildman–Crippen MR) is 95.6 cm³/mol. The summed E-state index contributed by atoms with van der Waals surface area (Å²) in [6, 6.07) is 9.91. The Bertz CT molecular complexity index is 802. The van der Waals surface area contributed by atoms with Crippen molar-refractivity contribution in [2.45, 2.75) is 32.0 Å². The summed E-state index contributed by atoms with van der Waals surface area (Å²) in [6.45, 7) is 1.86. The van der Waals surface area contributed by atoms with Crippen molar-refractivity contribution in [3.8, 4) is 0 Å². The molecular weight excluding hydrogens is 358 g/mol. The number of nitrogens with one attached hydrogen (secondary N) is 2. The molecule has 2 aromatic rings. The first-order valence-electron chi connectivity index (χ1n) is 8.12. The van der Waals surface area contributed by atoms with Gasteiger partial charge in [-0.05, 0) is 36.8 Å². The standard InChI is InChI=1S/C18H18ClN3O4/c1-11(17(23)20-10-14-3-2-8-25-14)21-18(24)16-9-15(22-26-16)12-4-6-13(19)7-5-12/h2-8,11,16H,9-10H2,1H3,(H,20,23)(H,21,24)/t11-,16+/m0/s1. The molecule has 8 heteroatoms. The smallest absolute Gasteiger partial charge is 0.264 e. The van der Waals surface area contributed by atoms with E-state index in [9.17, 15) is 9.59 Å². The van der Waals surface area contributed by atoms with Crippen molar-refractivity contribution in [3.63, 3.8) is 0 Å². The maximum absolute atomic E-state index is 12.3. The summed E-state index contributed by atoms with van der Waals surface area (Å²) in [4.78, 5) is 29.6. The number of carbonyl (C=O) groups excluding carboxylic acids is 2. The van der Waals surface area contributed by atoms with Crippen LogP contribution < -0.4 is 10.6 Å². The lowest BCUT2D eigenvalue weighted by atomic mass is 10.0. The largest absolute Gasteiger partial charge is 0.467 e. The summed E-state index contributed by atoms with van der Waals surface area (Å²) in [7, 11) is 0. The van der Waals surface area contributed by atoms with Crippen molar-refractivity contribution in [2.75, 3.05) is 0 Å². The van der Waals surface area contributed by atoms with Gasteiger partial charge in [0.15, 0.2) is 0 Å². The molecule has 1 aromatic heterocycles. The van der Waals surface area contributed by atoms with E-state index in [0.29, 0.717) is 22.9 Å². The zero-order valence-electron chi connectivity index (χ0n) is 14.1. The molecule has 2 heterocycles. The third-order valence-electron chi connectivity index (χ3n) is 3.91. The zero-order chi connectivity index (χ0) is 18.5. The first-order valence-corrected chi connectivity index (χ1v) is 8.50. The van der Waals surface area contributed by atoms with Crippen LogP contribution >= 0.6 is 11.6 Å². The Hall–Kier alpha value is -2.80. The van der Waals surface area contributed by atoms with E-state index in [1.807, 2.05) is 12.1 Å². The number of oxime groups is 1. The molecule has 0 spiro atoms. The molecule has 26 heavy (non-hydrogen) atoms. The van der Waals surface area contributed by atoms with Crippen molar-refractivity contribution >= 4 is 29.1 Å². The average molecular weight is 376 g/mol. The zero-order valence-corrected chi connectivity index (χ0v) is 14.8. The van der Waals surface area contributed by atoms with Gasteiger partial charge in [-0.25, -0.2) is 0 Å². The van der Waals surface area contributed by atoms with E-state index in [4.69, 9.17) is 20.9 Å². The van der Waals surface area contributed by atoms with Crippen LogP contribution in [0, 0.1) is 0 Å². The number of hydrogen-bond acceptors (Lipinski definition) is 5. The molecule has 2 N–H and O–H groups in total. The maximum Gasteiger partial charge on any atom is 0.264 e. The molecule has 2 amide bonds. The third-order valence-corrected chi connectivity index (χ3v) is 4.16. The summed E-state index contributed by atoms with van der Waals surface area (Å²) >= 11 is 5.86. The minimum absolute atomic E-state index is 0.260. The number of halogens is 1. The van der Waals surface area contributed by atoms with Gasteiger partial charge in [0.25, 0.3) is 5.91 Å². The third kappa shape index (κ3) is 4.43. The van der Waals surface area contributed by atoms with Crippen molar-refractivity contribution in [3.05, 3.63) is 59.0 Å². The minimum atomic E-state index is -0.763. The molecule has 0 bridgehead atoms. The van der Waals surface area contributed by atoms with Crippen molar-refractivity contribution in [2.24, 2.45) is 5.16 Å². The molecular formula is C18H18ClN3O4. The topological polar surface area (TPSA) is 92.9 Å². The summed E-state index contributed by atoms with van der Waals surface area (Å²) in [6.07, 6.45) is 1.09. The van der Waals surface area contributed by atoms with Gasteiger partial charge in [-0.15, -0.1) is 0 Å². The Morgan fingerprint density at radius 2 is 2.08 bits per heavy atom. The number of rotatable bonds is 6. The lowest BCUT2D eigenvalue weighted by Crippen LogP contribution is -2.47. The Kier molecular flexibility index (Phi) is 5.58. The van der Waals surface area contributed by atoms with Crippen LogP contribution in [0.3, 0.4) is 0 Å². The minimum Gasteiger partial charge on any atom is -0.467 e. The van der Waals surface area contributed by atoms with Crippen molar-refractivity contribution in [1.29, 1.82) is 0 Å². The van der Waals surface area contributed by atoms with E-state index in [0.717, 1.165) is 5.56 Å². The van der Waals surface area contributed by atoms with E-state index in [1.165, 1.54) is 6.26 Å². The summed E-state index contributed by atoms with van der Waals surface area (Å²) < 4.78 is 5.14. The fraction of sp³-hybridized carbons (Fsp3) is 0.278. The van der Waals surface area contributed by atoms with Crippen LogP contribution in [-0.4, -0.2) is 29.7 Å². The normalized spacial score (nSPS) is 17.2. The van der Waals surface area contributed by atoms with Crippen LogP contribution in [0.25, 0.3) is 0 Å². The van der Waals surface area contributed by atoms with Gasteiger partial charge in [-0.3, -0.25) is 9.59 Å². The average Bonchev–Trinajstić information content (AvgIpc) is 3.32. The van der Waals surface area contributed by atoms with Gasteiger partial charge in [-0.1, -0.05) is 28.9 Å². The fourth-order valence-electron chi connectivity index (χ4n) is 2.44. The molecule has 0 radical (unpaired) electrons. The maximum atomic E-state index is 12.3. The molecule has 2 atom stereocenters. The lowest BCUT2D eigenvalue weighted by Gasteiger charge is -2.15. The van der Waals surface area contributed by atoms with E-state index in [2.05, 4.69) is 15.8 Å². The van der Waals surface area contributed by atoms with E-state index >= 15 is 0 Å². The highest BCUT2D eigenvalue weighted by molar-refractivity contribution is 6.30. The molecule has 1 aliphatic rings.